The number of para-hydroxylation sites is 1. The Morgan fingerprint density at radius 2 is 2.11 bits per heavy atom. The van der Waals surface area contributed by atoms with Gasteiger partial charge in [0.1, 0.15) is 0 Å². The van der Waals surface area contributed by atoms with E-state index in [0.29, 0.717) is 0 Å². The molecule has 2 N–H and O–H groups in total. The van der Waals surface area contributed by atoms with Crippen LogP contribution in [0, 0.1) is 0 Å². The Hall–Kier alpha value is -1.94. The van der Waals surface area contributed by atoms with Crippen molar-refractivity contribution in [2.24, 2.45) is 0 Å². The lowest BCUT2D eigenvalue weighted by Crippen LogP contribution is -2.31. The van der Waals surface area contributed by atoms with Crippen molar-refractivity contribution in [1.82, 2.24) is 10.3 Å². The van der Waals surface area contributed by atoms with Crippen LogP contribution in [-0.2, 0) is 11.2 Å². The number of carbonyl (C=O) groups is 1. The number of aliphatic hydroxyl groups excluding tert-OH is 1. The smallest absolute Gasteiger partial charge is 0.226 e. The number of aromatic nitrogens is 1. The second-order valence-electron chi connectivity index (χ2n) is 4.33. The molecule has 0 aliphatic carbocycles. The van der Waals surface area contributed by atoms with Gasteiger partial charge in [-0.1, -0.05) is 24.3 Å². The minimum Gasteiger partial charge on any atom is -0.392 e. The average Bonchev–Trinajstić information content (AvgIpc) is 2.36. The van der Waals surface area contributed by atoms with Crippen LogP contribution in [0.5, 0.6) is 0 Å². The lowest BCUT2D eigenvalue weighted by atomic mass is 10.2. The number of hydrogen-bond donors (Lipinski definition) is 2. The third-order valence-corrected chi connectivity index (χ3v) is 2.59. The number of hydrogen-bond acceptors (Lipinski definition) is 3. The molecule has 1 amide bonds. The second-order valence-corrected chi connectivity index (χ2v) is 4.33. The molecule has 4 heteroatoms. The Labute approximate surface area is 106 Å². The minimum absolute atomic E-state index is 0.126. The first kappa shape index (κ1) is 12.5. The van der Waals surface area contributed by atoms with E-state index in [1.54, 1.807) is 6.92 Å². The molecule has 0 bridgehead atoms. The summed E-state index contributed by atoms with van der Waals surface area (Å²) < 4.78 is 0. The van der Waals surface area contributed by atoms with Gasteiger partial charge in [-0.05, 0) is 19.1 Å². The number of benzene rings is 1. The zero-order valence-electron chi connectivity index (χ0n) is 10.3. The van der Waals surface area contributed by atoms with Crippen LogP contribution in [0.4, 0.5) is 0 Å². The molecule has 1 aromatic carbocycles. The quantitative estimate of drug-likeness (QED) is 0.851. The summed E-state index contributed by atoms with van der Waals surface area (Å²) in [6.45, 7) is 1.90. The monoisotopic (exact) mass is 244 g/mol. The molecule has 4 nitrogen and oxygen atoms in total. The normalized spacial score (nSPS) is 12.3. The predicted octanol–water partition coefficient (Wildman–Crippen LogP) is 1.27. The first-order valence-corrected chi connectivity index (χ1v) is 5.94. The molecule has 18 heavy (non-hydrogen) atoms. The van der Waals surface area contributed by atoms with Crippen molar-refractivity contribution in [3.05, 3.63) is 42.1 Å². The topological polar surface area (TPSA) is 62.2 Å². The van der Waals surface area contributed by atoms with Crippen molar-refractivity contribution in [2.75, 3.05) is 6.54 Å². The Kier molecular flexibility index (Phi) is 3.89. The first-order chi connectivity index (χ1) is 8.65. The summed E-state index contributed by atoms with van der Waals surface area (Å²) in [5, 5.41) is 12.8. The van der Waals surface area contributed by atoms with Crippen LogP contribution in [0.1, 0.15) is 12.6 Å². The van der Waals surface area contributed by atoms with Crippen molar-refractivity contribution in [1.29, 1.82) is 0 Å². The standard InChI is InChI=1S/C14H16N2O2/c1-10(17)9-15-14(18)8-12-7-6-11-4-2-3-5-13(11)16-12/h2-7,10,17H,8-9H2,1H3,(H,15,18). The molecule has 0 fully saturated rings. The van der Waals surface area contributed by atoms with Gasteiger partial charge in [0.25, 0.3) is 0 Å². The van der Waals surface area contributed by atoms with Crippen LogP contribution >= 0.6 is 0 Å². The number of amides is 1. The lowest BCUT2D eigenvalue weighted by molar-refractivity contribution is -0.120. The van der Waals surface area contributed by atoms with E-state index in [-0.39, 0.29) is 18.9 Å². The molecule has 0 aliphatic rings. The maximum absolute atomic E-state index is 11.6. The number of rotatable bonds is 4. The number of pyridine rings is 1. The summed E-state index contributed by atoms with van der Waals surface area (Å²) >= 11 is 0. The van der Waals surface area contributed by atoms with E-state index in [1.165, 1.54) is 0 Å². The molecule has 2 aromatic rings. The Morgan fingerprint density at radius 3 is 2.89 bits per heavy atom. The van der Waals surface area contributed by atoms with Crippen molar-refractivity contribution in [2.45, 2.75) is 19.4 Å². The van der Waals surface area contributed by atoms with Crippen LogP contribution in [-0.4, -0.2) is 28.6 Å². The highest BCUT2D eigenvalue weighted by molar-refractivity contribution is 5.81. The van der Waals surface area contributed by atoms with E-state index in [0.717, 1.165) is 16.6 Å². The minimum atomic E-state index is -0.529. The van der Waals surface area contributed by atoms with Crippen LogP contribution in [0.2, 0.25) is 0 Å². The molecule has 1 aromatic heterocycles. The highest BCUT2D eigenvalue weighted by Gasteiger charge is 2.06. The van der Waals surface area contributed by atoms with Gasteiger partial charge >= 0.3 is 0 Å². The largest absolute Gasteiger partial charge is 0.392 e. The maximum Gasteiger partial charge on any atom is 0.226 e. The van der Waals surface area contributed by atoms with Gasteiger partial charge in [-0.2, -0.15) is 0 Å². The van der Waals surface area contributed by atoms with Crippen molar-refractivity contribution >= 4 is 16.8 Å². The van der Waals surface area contributed by atoms with Gasteiger partial charge in [0.15, 0.2) is 0 Å². The van der Waals surface area contributed by atoms with Gasteiger partial charge in [-0.25, -0.2) is 0 Å². The predicted molar refractivity (Wildman–Crippen MR) is 70.1 cm³/mol. The fourth-order valence-electron chi connectivity index (χ4n) is 1.70. The highest BCUT2D eigenvalue weighted by Crippen LogP contribution is 2.11. The number of fused-ring (bicyclic) bond motifs is 1. The van der Waals surface area contributed by atoms with Crippen LogP contribution in [0.25, 0.3) is 10.9 Å². The fraction of sp³-hybridized carbons (Fsp3) is 0.286. The van der Waals surface area contributed by atoms with E-state index < -0.39 is 6.10 Å². The summed E-state index contributed by atoms with van der Waals surface area (Å²) in [6.07, 6.45) is -0.295. The third kappa shape index (κ3) is 3.28. The van der Waals surface area contributed by atoms with Crippen LogP contribution < -0.4 is 5.32 Å². The molecule has 1 heterocycles. The molecule has 0 aliphatic heterocycles. The maximum atomic E-state index is 11.6. The van der Waals surface area contributed by atoms with Gasteiger partial charge < -0.3 is 10.4 Å². The van der Waals surface area contributed by atoms with Gasteiger partial charge in [0.05, 0.1) is 23.7 Å². The Morgan fingerprint density at radius 1 is 1.33 bits per heavy atom. The summed E-state index contributed by atoms with van der Waals surface area (Å²) in [5.41, 5.74) is 1.62. The molecule has 1 atom stereocenters. The Bertz CT molecular complexity index is 552. The SMILES string of the molecule is CC(O)CNC(=O)Cc1ccc2ccccc2n1. The summed E-state index contributed by atoms with van der Waals surface area (Å²) in [5.74, 6) is -0.126. The Balaban J connectivity index is 2.05. The van der Waals surface area contributed by atoms with Gasteiger partial charge in [0, 0.05) is 11.9 Å². The highest BCUT2D eigenvalue weighted by atomic mass is 16.3. The van der Waals surface area contributed by atoms with Gasteiger partial charge in [0.2, 0.25) is 5.91 Å². The molecule has 0 saturated heterocycles. The number of carbonyl (C=O) groups excluding carboxylic acids is 1. The fourth-order valence-corrected chi connectivity index (χ4v) is 1.70. The molecular formula is C14H16N2O2. The lowest BCUT2D eigenvalue weighted by Gasteiger charge is -2.07. The number of nitrogens with zero attached hydrogens (tertiary/aromatic N) is 1. The summed E-state index contributed by atoms with van der Waals surface area (Å²) in [6, 6.07) is 11.6. The molecule has 94 valence electrons. The van der Waals surface area contributed by atoms with Crippen molar-refractivity contribution in [3.63, 3.8) is 0 Å². The summed E-state index contributed by atoms with van der Waals surface area (Å²) in [7, 11) is 0. The zero-order valence-corrected chi connectivity index (χ0v) is 10.3. The molecule has 0 spiro atoms. The number of nitrogens with one attached hydrogen (secondary N) is 1. The van der Waals surface area contributed by atoms with E-state index in [1.807, 2.05) is 36.4 Å². The van der Waals surface area contributed by atoms with E-state index in [4.69, 9.17) is 5.11 Å². The van der Waals surface area contributed by atoms with Crippen LogP contribution in [0.15, 0.2) is 36.4 Å². The van der Waals surface area contributed by atoms with E-state index >= 15 is 0 Å². The summed E-state index contributed by atoms with van der Waals surface area (Å²) in [4.78, 5) is 16.0. The molecule has 2 rings (SSSR count). The molecule has 0 radical (unpaired) electrons. The van der Waals surface area contributed by atoms with Gasteiger partial charge in [-0.3, -0.25) is 9.78 Å². The van der Waals surface area contributed by atoms with Crippen LogP contribution in [0.3, 0.4) is 0 Å². The van der Waals surface area contributed by atoms with E-state index in [9.17, 15) is 4.79 Å². The first-order valence-electron chi connectivity index (χ1n) is 5.94. The van der Waals surface area contributed by atoms with Crippen molar-refractivity contribution in [3.8, 4) is 0 Å². The number of aliphatic hydroxyl groups is 1. The average molecular weight is 244 g/mol. The van der Waals surface area contributed by atoms with Gasteiger partial charge in [-0.15, -0.1) is 0 Å². The van der Waals surface area contributed by atoms with Crippen molar-refractivity contribution < 1.29 is 9.90 Å². The molecule has 0 saturated carbocycles. The molecule has 1 unspecified atom stereocenters. The molecular weight excluding hydrogens is 228 g/mol. The zero-order chi connectivity index (χ0) is 13.0. The second kappa shape index (κ2) is 5.60. The third-order valence-electron chi connectivity index (χ3n) is 2.59. The van der Waals surface area contributed by atoms with E-state index in [2.05, 4.69) is 10.3 Å².